The van der Waals surface area contributed by atoms with Crippen LogP contribution in [0.15, 0.2) is 30.3 Å². The third-order valence-corrected chi connectivity index (χ3v) is 2.23. The van der Waals surface area contributed by atoms with E-state index in [1.54, 1.807) is 0 Å². The maximum atomic E-state index is 9.90. The van der Waals surface area contributed by atoms with Gasteiger partial charge in [-0.1, -0.05) is 36.4 Å². The van der Waals surface area contributed by atoms with Crippen LogP contribution in [0.3, 0.4) is 0 Å². The topological polar surface area (TPSA) is 26.3 Å². The van der Waals surface area contributed by atoms with Crippen molar-refractivity contribution < 1.29 is 9.53 Å². The lowest BCUT2D eigenvalue weighted by molar-refractivity contribution is 0.270. The summed E-state index contributed by atoms with van der Waals surface area (Å²) in [5, 5.41) is 0. The van der Waals surface area contributed by atoms with Gasteiger partial charge in [0.2, 0.25) is 0 Å². The van der Waals surface area contributed by atoms with E-state index in [-0.39, 0.29) is 5.92 Å². The highest BCUT2D eigenvalue weighted by Gasteiger charge is 2.16. The first-order chi connectivity index (χ1) is 6.42. The Labute approximate surface area is 76.8 Å². The van der Waals surface area contributed by atoms with Crippen molar-refractivity contribution in [3.8, 4) is 0 Å². The molecule has 2 nitrogen and oxygen atoms in total. The van der Waals surface area contributed by atoms with E-state index in [0.717, 1.165) is 0 Å². The molecule has 0 aliphatic heterocycles. The van der Waals surface area contributed by atoms with Gasteiger partial charge in [-0.3, -0.25) is 0 Å². The van der Waals surface area contributed by atoms with Crippen LogP contribution in [0.1, 0.15) is 17.0 Å². The highest BCUT2D eigenvalue weighted by molar-refractivity contribution is 5.62. The van der Waals surface area contributed by atoms with Gasteiger partial charge in [0.25, 0.3) is 0 Å². The summed E-state index contributed by atoms with van der Waals surface area (Å²) in [6.45, 7) is 1.83. The van der Waals surface area contributed by atoms with Crippen LogP contribution in [0.2, 0.25) is 0 Å². The van der Waals surface area contributed by atoms with Gasteiger partial charge in [0.15, 0.2) is 0 Å². The average Bonchev–Trinajstić information content (AvgIpc) is 2.58. The van der Waals surface area contributed by atoms with Gasteiger partial charge in [-0.15, -0.1) is 0 Å². The van der Waals surface area contributed by atoms with Crippen molar-refractivity contribution in [2.45, 2.75) is 5.92 Å². The minimum Gasteiger partial charge on any atom is -0.456 e. The first-order valence-corrected chi connectivity index (χ1v) is 4.18. The van der Waals surface area contributed by atoms with Crippen molar-refractivity contribution in [2.75, 3.05) is 6.61 Å². The summed E-state index contributed by atoms with van der Waals surface area (Å²) in [4.78, 5) is 9.90. The van der Waals surface area contributed by atoms with Gasteiger partial charge in [0.05, 0.1) is 0 Å². The molecule has 0 bridgehead atoms. The van der Waals surface area contributed by atoms with E-state index in [9.17, 15) is 4.79 Å². The number of fused-ring (bicyclic) bond motifs is 1. The Hall–Kier alpha value is -1.57. The van der Waals surface area contributed by atoms with Gasteiger partial charge in [-0.05, 0) is 11.1 Å². The first-order valence-electron chi connectivity index (χ1n) is 4.18. The standard InChI is InChI=1S/C11H9O2/c12-8-13-7-10-6-5-9-3-1-2-4-11(9)10/h1-6,10H,7H2. The van der Waals surface area contributed by atoms with Crippen molar-refractivity contribution in [1.82, 2.24) is 0 Å². The van der Waals surface area contributed by atoms with Crippen molar-refractivity contribution >= 4 is 12.5 Å². The predicted molar refractivity (Wildman–Crippen MR) is 49.9 cm³/mol. The normalized spacial score (nSPS) is 18.3. The van der Waals surface area contributed by atoms with Crippen LogP contribution < -0.4 is 0 Å². The van der Waals surface area contributed by atoms with E-state index < -0.39 is 0 Å². The molecule has 1 aromatic rings. The third-order valence-electron chi connectivity index (χ3n) is 2.23. The van der Waals surface area contributed by atoms with Gasteiger partial charge in [0, 0.05) is 5.92 Å². The molecule has 1 radical (unpaired) electrons. The van der Waals surface area contributed by atoms with Crippen LogP contribution >= 0.6 is 0 Å². The van der Waals surface area contributed by atoms with E-state index in [2.05, 4.69) is 10.8 Å². The zero-order valence-corrected chi connectivity index (χ0v) is 7.07. The van der Waals surface area contributed by atoms with Gasteiger partial charge in [-0.25, -0.2) is 4.79 Å². The lowest BCUT2D eigenvalue weighted by atomic mass is 10.0. The second-order valence-electron chi connectivity index (χ2n) is 2.99. The zero-order chi connectivity index (χ0) is 9.10. The minimum absolute atomic E-state index is 0.206. The molecule has 1 aliphatic rings. The van der Waals surface area contributed by atoms with E-state index in [0.29, 0.717) is 6.61 Å². The number of rotatable bonds is 3. The predicted octanol–water partition coefficient (Wildman–Crippen LogP) is 1.88. The lowest BCUT2D eigenvalue weighted by Gasteiger charge is -2.07. The molecule has 1 aliphatic carbocycles. The maximum absolute atomic E-state index is 9.90. The maximum Gasteiger partial charge on any atom is 0.417 e. The molecule has 0 saturated heterocycles. The lowest BCUT2D eigenvalue weighted by Crippen LogP contribution is -2.02. The monoisotopic (exact) mass is 173 g/mol. The van der Waals surface area contributed by atoms with E-state index >= 15 is 0 Å². The molecule has 0 fully saturated rings. The van der Waals surface area contributed by atoms with Crippen LogP contribution in [0, 0.1) is 0 Å². The summed E-state index contributed by atoms with van der Waals surface area (Å²) in [6, 6.07) is 8.09. The Morgan fingerprint density at radius 1 is 1.38 bits per heavy atom. The third kappa shape index (κ3) is 1.47. The van der Waals surface area contributed by atoms with Crippen LogP contribution in [0.4, 0.5) is 0 Å². The van der Waals surface area contributed by atoms with Crippen molar-refractivity contribution in [2.24, 2.45) is 0 Å². The minimum atomic E-state index is 0.206. The Kier molecular flexibility index (Phi) is 2.13. The smallest absolute Gasteiger partial charge is 0.417 e. The Bertz CT molecular complexity index is 342. The van der Waals surface area contributed by atoms with Crippen LogP contribution in [0.5, 0.6) is 0 Å². The highest BCUT2D eigenvalue weighted by atomic mass is 16.5. The zero-order valence-electron chi connectivity index (χ0n) is 7.07. The van der Waals surface area contributed by atoms with E-state index in [1.807, 2.05) is 30.4 Å². The van der Waals surface area contributed by atoms with Crippen molar-refractivity contribution in [3.05, 3.63) is 41.5 Å². The molecule has 0 heterocycles. The summed E-state index contributed by atoms with van der Waals surface area (Å²) in [7, 11) is 0. The van der Waals surface area contributed by atoms with Crippen molar-refractivity contribution in [1.29, 1.82) is 0 Å². The van der Waals surface area contributed by atoms with Gasteiger partial charge in [0.1, 0.15) is 6.61 Å². The molecule has 0 N–H and O–H groups in total. The summed E-state index contributed by atoms with van der Waals surface area (Å²) >= 11 is 0. The van der Waals surface area contributed by atoms with Gasteiger partial charge < -0.3 is 4.74 Å². The molecule has 0 aromatic heterocycles. The number of hydrogen-bond donors (Lipinski definition) is 0. The second kappa shape index (κ2) is 3.44. The molecule has 1 unspecified atom stereocenters. The molecular formula is C11H9O2. The van der Waals surface area contributed by atoms with Gasteiger partial charge >= 0.3 is 6.47 Å². The van der Waals surface area contributed by atoms with E-state index in [1.165, 1.54) is 17.6 Å². The average molecular weight is 173 g/mol. The van der Waals surface area contributed by atoms with Crippen LogP contribution in [-0.4, -0.2) is 13.1 Å². The van der Waals surface area contributed by atoms with Crippen molar-refractivity contribution in [3.63, 3.8) is 0 Å². The number of hydrogen-bond acceptors (Lipinski definition) is 2. The Balaban J connectivity index is 2.18. The Morgan fingerprint density at radius 3 is 3.08 bits per heavy atom. The summed E-state index contributed by atoms with van der Waals surface area (Å²) < 4.78 is 4.62. The summed E-state index contributed by atoms with van der Waals surface area (Å²) in [5.74, 6) is 0.206. The largest absolute Gasteiger partial charge is 0.456 e. The first kappa shape index (κ1) is 8.05. The summed E-state index contributed by atoms with van der Waals surface area (Å²) in [5.41, 5.74) is 2.43. The molecular weight excluding hydrogens is 164 g/mol. The SMILES string of the molecule is O=[C]OCC1C=Cc2ccccc21. The molecule has 0 saturated carbocycles. The second-order valence-corrected chi connectivity index (χ2v) is 2.99. The number of benzene rings is 1. The molecule has 0 spiro atoms. The molecule has 2 rings (SSSR count). The number of carbonyl (C=O) groups excluding carboxylic acids is 1. The van der Waals surface area contributed by atoms with Crippen LogP contribution in [-0.2, 0) is 9.53 Å². The molecule has 1 atom stereocenters. The van der Waals surface area contributed by atoms with E-state index in [4.69, 9.17) is 0 Å². The number of ether oxygens (including phenoxy) is 1. The fourth-order valence-electron chi connectivity index (χ4n) is 1.59. The summed E-state index contributed by atoms with van der Waals surface area (Å²) in [6.07, 6.45) is 4.09. The Morgan fingerprint density at radius 2 is 2.23 bits per heavy atom. The fourth-order valence-corrected chi connectivity index (χ4v) is 1.59. The highest BCUT2D eigenvalue weighted by Crippen LogP contribution is 2.29. The quantitative estimate of drug-likeness (QED) is 0.697. The van der Waals surface area contributed by atoms with Crippen LogP contribution in [0.25, 0.3) is 6.08 Å². The fraction of sp³-hybridized carbons (Fsp3) is 0.182. The molecule has 0 amide bonds. The molecule has 2 heteroatoms. The molecule has 65 valence electrons. The molecule has 1 aromatic carbocycles. The molecule has 13 heavy (non-hydrogen) atoms. The van der Waals surface area contributed by atoms with Gasteiger partial charge in [-0.2, -0.15) is 0 Å².